The summed E-state index contributed by atoms with van der Waals surface area (Å²) in [5, 5.41) is 1.51. The molecule has 1 aliphatic carbocycles. The molecule has 178 valence electrons. The summed E-state index contributed by atoms with van der Waals surface area (Å²) in [4.78, 5) is 1.56. The van der Waals surface area contributed by atoms with Gasteiger partial charge in [-0.1, -0.05) is 24.6 Å². The summed E-state index contributed by atoms with van der Waals surface area (Å²) in [6.45, 7) is 20.6. The number of rotatable bonds is 6. The number of hydrogen-bond donors (Lipinski definition) is 0. The molecule has 2 aliphatic rings. The van der Waals surface area contributed by atoms with E-state index in [9.17, 15) is 0 Å². The maximum atomic E-state index is 5.98. The Labute approximate surface area is 201 Å². The molecular formula is C28H43NOS2. The third kappa shape index (κ3) is 3.70. The van der Waals surface area contributed by atoms with E-state index < -0.39 is 10.2 Å². The number of ether oxygens (including phenoxy) is 1. The third-order valence-corrected chi connectivity index (χ3v) is 13.7. The zero-order chi connectivity index (χ0) is 23.5. The quantitative estimate of drug-likeness (QED) is 0.391. The molecule has 4 heteroatoms. The highest BCUT2D eigenvalue weighted by atomic mass is 32.3. The van der Waals surface area contributed by atoms with Gasteiger partial charge in [-0.15, -0.1) is 11.3 Å². The van der Waals surface area contributed by atoms with E-state index in [4.69, 9.17) is 4.74 Å². The van der Waals surface area contributed by atoms with Crippen molar-refractivity contribution in [1.29, 1.82) is 0 Å². The molecule has 1 saturated heterocycles. The minimum Gasteiger partial charge on any atom is -0.376 e. The van der Waals surface area contributed by atoms with Crippen molar-refractivity contribution in [2.45, 2.75) is 90.5 Å². The summed E-state index contributed by atoms with van der Waals surface area (Å²) in [7, 11) is -1.01. The molecule has 2 nitrogen and oxygen atoms in total. The van der Waals surface area contributed by atoms with Crippen LogP contribution in [0.15, 0.2) is 29.8 Å². The van der Waals surface area contributed by atoms with Crippen molar-refractivity contribution in [3.05, 3.63) is 40.3 Å². The minimum absolute atomic E-state index is 0.0298. The molecule has 2 aromatic rings. The second-order valence-corrected chi connectivity index (χ2v) is 16.5. The molecule has 1 aromatic carbocycles. The fraction of sp³-hybridized carbons (Fsp3) is 0.643. The zero-order valence-corrected chi connectivity index (χ0v) is 23.4. The average molecular weight is 474 g/mol. The van der Waals surface area contributed by atoms with Crippen molar-refractivity contribution in [2.75, 3.05) is 25.2 Å². The topological polar surface area (TPSA) is 12.5 Å². The van der Waals surface area contributed by atoms with E-state index in [0.717, 1.165) is 13.0 Å². The Kier molecular flexibility index (Phi) is 6.19. The molecule has 1 spiro atoms. The fourth-order valence-electron chi connectivity index (χ4n) is 5.89. The minimum atomic E-state index is -1.01. The van der Waals surface area contributed by atoms with Crippen LogP contribution in [0.1, 0.15) is 85.1 Å². The number of unbranched alkanes of at least 4 members (excludes halogenated alkanes) is 2. The molecule has 2 atom stereocenters. The first-order chi connectivity index (χ1) is 14.8. The molecule has 0 saturated carbocycles. The number of benzene rings is 1. The van der Waals surface area contributed by atoms with E-state index in [1.165, 1.54) is 35.2 Å². The van der Waals surface area contributed by atoms with Gasteiger partial charge in [-0.25, -0.2) is 0 Å². The summed E-state index contributed by atoms with van der Waals surface area (Å²) in [6.07, 6.45) is 6.35. The number of nitrogens with zero attached hydrogens (tertiary/aromatic N) is 1. The predicted octanol–water partition coefficient (Wildman–Crippen LogP) is 8.35. The van der Waals surface area contributed by atoms with Crippen LogP contribution < -0.4 is 0 Å². The van der Waals surface area contributed by atoms with Gasteiger partial charge in [0.2, 0.25) is 0 Å². The molecular weight excluding hydrogens is 430 g/mol. The van der Waals surface area contributed by atoms with E-state index in [1.807, 2.05) is 11.3 Å². The molecule has 1 fully saturated rings. The van der Waals surface area contributed by atoms with Gasteiger partial charge in [-0.3, -0.25) is 4.31 Å². The maximum Gasteiger partial charge on any atom is 0.0733 e. The highest BCUT2D eigenvalue weighted by Crippen LogP contribution is 2.80. The standard InChI is InChI=1S/C28H43NOS2/c1-20-21(2)28(24-22-15-11-12-16-23(22)31-25(20)24)19-29(26(3,4)5)32(28,9)18-14-10-13-17-30-27(6,7)8/h11-12,15-16H,10,13-14,17-19H2,1-9H3. The monoisotopic (exact) mass is 473 g/mol. The lowest BCUT2D eigenvalue weighted by Gasteiger charge is -2.73. The maximum absolute atomic E-state index is 5.98. The summed E-state index contributed by atoms with van der Waals surface area (Å²) >= 11 is 2.02. The van der Waals surface area contributed by atoms with Gasteiger partial charge < -0.3 is 4.74 Å². The van der Waals surface area contributed by atoms with Crippen LogP contribution in [0, 0.1) is 0 Å². The zero-order valence-electron chi connectivity index (χ0n) is 21.7. The lowest BCUT2D eigenvalue weighted by Crippen LogP contribution is -2.65. The molecule has 0 bridgehead atoms. The Morgan fingerprint density at radius 1 is 1.03 bits per heavy atom. The van der Waals surface area contributed by atoms with Crippen LogP contribution in [-0.2, 0) is 9.48 Å². The Morgan fingerprint density at radius 3 is 2.38 bits per heavy atom. The van der Waals surface area contributed by atoms with Crippen LogP contribution in [0.25, 0.3) is 15.7 Å². The van der Waals surface area contributed by atoms with Crippen LogP contribution in [0.4, 0.5) is 0 Å². The average Bonchev–Trinajstić information content (AvgIpc) is 3.16. The van der Waals surface area contributed by atoms with Crippen molar-refractivity contribution in [3.8, 4) is 0 Å². The largest absolute Gasteiger partial charge is 0.376 e. The fourth-order valence-corrected chi connectivity index (χ4v) is 12.3. The normalized spacial score (nSPS) is 28.3. The van der Waals surface area contributed by atoms with Gasteiger partial charge in [0.1, 0.15) is 0 Å². The van der Waals surface area contributed by atoms with Gasteiger partial charge in [0.25, 0.3) is 0 Å². The molecule has 2 heterocycles. The Balaban J connectivity index is 1.65. The first kappa shape index (κ1) is 24.3. The first-order valence-electron chi connectivity index (χ1n) is 12.2. The van der Waals surface area contributed by atoms with Gasteiger partial charge in [-0.05, 0) is 108 Å². The van der Waals surface area contributed by atoms with Crippen LogP contribution in [0.3, 0.4) is 0 Å². The van der Waals surface area contributed by atoms with Gasteiger partial charge in [0.15, 0.2) is 0 Å². The Morgan fingerprint density at radius 2 is 1.72 bits per heavy atom. The summed E-state index contributed by atoms with van der Waals surface area (Å²) < 4.78 is 10.5. The van der Waals surface area contributed by atoms with Crippen LogP contribution in [0.2, 0.25) is 0 Å². The lowest BCUT2D eigenvalue weighted by atomic mass is 9.92. The molecule has 0 amide bonds. The van der Waals surface area contributed by atoms with Crippen LogP contribution >= 0.6 is 21.6 Å². The van der Waals surface area contributed by atoms with E-state index in [1.54, 1.807) is 21.6 Å². The number of hydrogen-bond acceptors (Lipinski definition) is 3. The van der Waals surface area contributed by atoms with E-state index in [2.05, 4.69) is 90.2 Å². The van der Waals surface area contributed by atoms with Crippen molar-refractivity contribution in [1.82, 2.24) is 4.31 Å². The summed E-state index contributed by atoms with van der Waals surface area (Å²) in [5.41, 5.74) is 5.04. The van der Waals surface area contributed by atoms with Crippen molar-refractivity contribution in [2.24, 2.45) is 0 Å². The lowest BCUT2D eigenvalue weighted by molar-refractivity contribution is -0.00460. The molecule has 0 N–H and O–H groups in total. The second kappa shape index (κ2) is 8.15. The van der Waals surface area contributed by atoms with Crippen molar-refractivity contribution < 1.29 is 4.74 Å². The Hall–Kier alpha value is -0.810. The predicted molar refractivity (Wildman–Crippen MR) is 146 cm³/mol. The van der Waals surface area contributed by atoms with Gasteiger partial charge in [0.05, 0.1) is 10.3 Å². The van der Waals surface area contributed by atoms with Crippen molar-refractivity contribution >= 4 is 37.2 Å². The second-order valence-electron chi connectivity index (χ2n) is 11.9. The number of allylic oxidation sites excluding steroid dienone is 1. The Bertz CT molecular complexity index is 1040. The van der Waals surface area contributed by atoms with E-state index in [-0.39, 0.29) is 15.9 Å². The highest BCUT2D eigenvalue weighted by molar-refractivity contribution is 8.33. The highest BCUT2D eigenvalue weighted by Gasteiger charge is 2.65. The molecule has 0 radical (unpaired) electrons. The SMILES string of the molecule is CC1=C(C)C2(CN(C(C)(C)C)S2(C)CCCCCOC(C)(C)C)c2c1sc1ccccc21. The smallest absolute Gasteiger partial charge is 0.0733 e. The first-order valence-corrected chi connectivity index (χ1v) is 15.2. The van der Waals surface area contributed by atoms with Gasteiger partial charge in [0, 0.05) is 28.3 Å². The summed E-state index contributed by atoms with van der Waals surface area (Å²) in [5.74, 6) is 1.31. The van der Waals surface area contributed by atoms with E-state index in [0.29, 0.717) is 0 Å². The van der Waals surface area contributed by atoms with Crippen LogP contribution in [-0.4, -0.2) is 40.6 Å². The van der Waals surface area contributed by atoms with E-state index >= 15 is 0 Å². The van der Waals surface area contributed by atoms with Gasteiger partial charge >= 0.3 is 0 Å². The molecule has 1 aliphatic heterocycles. The third-order valence-electron chi connectivity index (χ3n) is 7.58. The number of thiophene rings is 1. The molecule has 1 aromatic heterocycles. The van der Waals surface area contributed by atoms with Crippen LogP contribution in [0.5, 0.6) is 0 Å². The summed E-state index contributed by atoms with van der Waals surface area (Å²) in [6, 6.07) is 9.12. The molecule has 32 heavy (non-hydrogen) atoms. The van der Waals surface area contributed by atoms with Crippen molar-refractivity contribution in [3.63, 3.8) is 0 Å². The number of fused-ring (bicyclic) bond motifs is 4. The molecule has 4 rings (SSSR count). The molecule has 2 unspecified atom stereocenters. The van der Waals surface area contributed by atoms with Gasteiger partial charge in [-0.2, -0.15) is 10.2 Å².